The highest BCUT2D eigenvalue weighted by Gasteiger charge is 2.14. The molecule has 1 aromatic carbocycles. The summed E-state index contributed by atoms with van der Waals surface area (Å²) in [6, 6.07) is 7.41. The first-order valence-corrected chi connectivity index (χ1v) is 6.76. The number of rotatable bonds is 3. The van der Waals surface area contributed by atoms with Crippen LogP contribution in [0.3, 0.4) is 0 Å². The first kappa shape index (κ1) is 15.3. The van der Waals surface area contributed by atoms with Gasteiger partial charge in [0.05, 0.1) is 5.02 Å². The molecule has 2 rings (SSSR count). The standard InChI is InChI=1S/C14H16ClN3O3/c1-14(2,3)20-13(19)16-12-9-18(17-21-12)8-10-6-4-5-7-11(10)15/h4-7,9H,8H2,1-3H3. The van der Waals surface area contributed by atoms with E-state index in [9.17, 15) is 5.11 Å². The maximum Gasteiger partial charge on any atom is 0.323 e. The van der Waals surface area contributed by atoms with Gasteiger partial charge >= 0.3 is 5.88 Å². The molecule has 2 aromatic rings. The Hall–Kier alpha value is -2.08. The van der Waals surface area contributed by atoms with Crippen molar-refractivity contribution in [3.8, 4) is 0 Å². The Bertz CT molecular complexity index is 647. The van der Waals surface area contributed by atoms with Gasteiger partial charge in [0.15, 0.2) is 6.08 Å². The van der Waals surface area contributed by atoms with Crippen molar-refractivity contribution < 1.29 is 19.0 Å². The fourth-order valence-corrected chi connectivity index (χ4v) is 1.76. The summed E-state index contributed by atoms with van der Waals surface area (Å²) in [6.45, 7) is 5.71. The molecule has 1 heterocycles. The van der Waals surface area contributed by atoms with Crippen molar-refractivity contribution in [2.45, 2.75) is 32.9 Å². The molecule has 0 amide bonds. The van der Waals surface area contributed by atoms with Gasteiger partial charge in [-0.2, -0.15) is 4.99 Å². The van der Waals surface area contributed by atoms with Crippen LogP contribution in [0.25, 0.3) is 0 Å². The highest BCUT2D eigenvalue weighted by Crippen LogP contribution is 2.15. The molecule has 0 atom stereocenters. The van der Waals surface area contributed by atoms with E-state index in [1.54, 1.807) is 26.8 Å². The van der Waals surface area contributed by atoms with E-state index in [4.69, 9.17) is 20.9 Å². The molecule has 0 saturated heterocycles. The summed E-state index contributed by atoms with van der Waals surface area (Å²) in [4.78, 5) is 3.68. The van der Waals surface area contributed by atoms with Gasteiger partial charge in [-0.1, -0.05) is 50.6 Å². The fraction of sp³-hybridized carbons (Fsp3) is 0.357. The van der Waals surface area contributed by atoms with E-state index in [0.29, 0.717) is 11.6 Å². The molecule has 112 valence electrons. The number of nitrogens with zero attached hydrogens (tertiary/aromatic N) is 3. The monoisotopic (exact) mass is 309 g/mol. The summed E-state index contributed by atoms with van der Waals surface area (Å²) in [6.07, 6.45) is 0.788. The molecular formula is C14H16ClN3O3. The molecule has 0 aliphatic carbocycles. The third-order valence-electron chi connectivity index (χ3n) is 2.38. The average Bonchev–Trinajstić information content (AvgIpc) is 2.77. The first-order chi connectivity index (χ1) is 9.83. The summed E-state index contributed by atoms with van der Waals surface area (Å²) in [5.74, 6) is 0.0799. The predicted molar refractivity (Wildman–Crippen MR) is 75.2 cm³/mol. The van der Waals surface area contributed by atoms with E-state index in [1.165, 1.54) is 10.9 Å². The number of halogens is 1. The van der Waals surface area contributed by atoms with Gasteiger partial charge in [0, 0.05) is 11.2 Å². The number of hydrogen-bond acceptors (Lipinski definition) is 5. The second-order valence-electron chi connectivity index (χ2n) is 5.42. The molecule has 0 bridgehead atoms. The third kappa shape index (κ3) is 4.75. The van der Waals surface area contributed by atoms with Crippen LogP contribution in [0.5, 0.6) is 0 Å². The molecule has 0 fully saturated rings. The van der Waals surface area contributed by atoms with E-state index >= 15 is 0 Å². The zero-order chi connectivity index (χ0) is 15.5. The van der Waals surface area contributed by atoms with Crippen molar-refractivity contribution in [1.82, 2.24) is 5.27 Å². The topological polar surface area (TPSA) is 74.6 Å². The van der Waals surface area contributed by atoms with Crippen LogP contribution in [-0.2, 0) is 11.3 Å². The molecule has 0 aliphatic heterocycles. The minimum atomic E-state index is -0.719. The van der Waals surface area contributed by atoms with Crippen molar-refractivity contribution in [3.63, 3.8) is 0 Å². The van der Waals surface area contributed by atoms with Crippen LogP contribution >= 0.6 is 11.6 Å². The molecule has 0 N–H and O–H groups in total. The molecule has 0 aliphatic rings. The molecule has 1 aromatic heterocycles. The Balaban J connectivity index is 2.08. The van der Waals surface area contributed by atoms with Gasteiger partial charge < -0.3 is 9.84 Å². The Morgan fingerprint density at radius 1 is 1.43 bits per heavy atom. The number of benzene rings is 1. The van der Waals surface area contributed by atoms with E-state index in [1.807, 2.05) is 18.2 Å². The maximum absolute atomic E-state index is 11.5. The Morgan fingerprint density at radius 3 is 2.81 bits per heavy atom. The van der Waals surface area contributed by atoms with Crippen LogP contribution in [-0.4, -0.2) is 17.0 Å². The molecule has 0 unspecified atom stereocenters. The van der Waals surface area contributed by atoms with Crippen molar-refractivity contribution in [1.29, 1.82) is 0 Å². The lowest BCUT2D eigenvalue weighted by Crippen LogP contribution is -2.35. The summed E-state index contributed by atoms with van der Waals surface area (Å²) in [5.41, 5.74) is 0.287. The highest BCUT2D eigenvalue weighted by atomic mass is 35.5. The number of aromatic nitrogens is 2. The van der Waals surface area contributed by atoms with Crippen molar-refractivity contribution in [2.24, 2.45) is 4.99 Å². The molecule has 6 nitrogen and oxygen atoms in total. The molecule has 0 saturated carbocycles. The van der Waals surface area contributed by atoms with Gasteiger partial charge in [0.1, 0.15) is 0 Å². The largest absolute Gasteiger partial charge is 0.594 e. The van der Waals surface area contributed by atoms with Crippen molar-refractivity contribution >= 4 is 23.6 Å². The average molecular weight is 310 g/mol. The van der Waals surface area contributed by atoms with E-state index < -0.39 is 11.7 Å². The SMILES string of the molecule is CC(C)(C)O/C([O-])=N/c1c[n+](Cc2ccccc2Cl)no1. The Kier molecular flexibility index (Phi) is 4.47. The highest BCUT2D eigenvalue weighted by molar-refractivity contribution is 6.31. The van der Waals surface area contributed by atoms with Gasteiger partial charge in [-0.15, -0.1) is 0 Å². The second-order valence-corrected chi connectivity index (χ2v) is 5.83. The summed E-state index contributed by atoms with van der Waals surface area (Å²) >= 11 is 6.07. The zero-order valence-corrected chi connectivity index (χ0v) is 12.8. The molecule has 7 heteroatoms. The van der Waals surface area contributed by atoms with Crippen LogP contribution in [0.4, 0.5) is 5.88 Å². The number of ether oxygens (including phenoxy) is 1. The summed E-state index contributed by atoms with van der Waals surface area (Å²) < 4.78 is 11.5. The molecule has 21 heavy (non-hydrogen) atoms. The van der Waals surface area contributed by atoms with Crippen molar-refractivity contribution in [2.75, 3.05) is 0 Å². The van der Waals surface area contributed by atoms with Crippen molar-refractivity contribution in [3.05, 3.63) is 41.0 Å². The first-order valence-electron chi connectivity index (χ1n) is 6.38. The number of aliphatic imine (C=N–C) groups is 1. The van der Waals surface area contributed by atoms with Crippen LogP contribution in [0.2, 0.25) is 5.02 Å². The third-order valence-corrected chi connectivity index (χ3v) is 2.75. The van der Waals surface area contributed by atoms with Crippen LogP contribution in [0.1, 0.15) is 26.3 Å². The van der Waals surface area contributed by atoms with Gasteiger partial charge in [-0.25, -0.2) is 0 Å². The molecule has 0 radical (unpaired) electrons. The molecule has 0 spiro atoms. The van der Waals surface area contributed by atoms with Gasteiger partial charge in [-0.05, 0) is 10.7 Å². The lowest BCUT2D eigenvalue weighted by molar-refractivity contribution is -0.754. The fourth-order valence-electron chi connectivity index (χ4n) is 1.57. The lowest BCUT2D eigenvalue weighted by atomic mass is 10.2. The quantitative estimate of drug-likeness (QED) is 0.492. The van der Waals surface area contributed by atoms with Gasteiger partial charge in [-0.3, -0.25) is 4.52 Å². The summed E-state index contributed by atoms with van der Waals surface area (Å²) in [5, 5.41) is 16.0. The van der Waals surface area contributed by atoms with Crippen LogP contribution < -0.4 is 9.79 Å². The smallest absolute Gasteiger partial charge is 0.323 e. The van der Waals surface area contributed by atoms with Gasteiger partial charge in [0.2, 0.25) is 11.8 Å². The molecular weight excluding hydrogens is 294 g/mol. The van der Waals surface area contributed by atoms with E-state index in [2.05, 4.69) is 10.3 Å². The number of hydrogen-bond donors (Lipinski definition) is 0. The normalized spacial score (nSPS) is 12.5. The summed E-state index contributed by atoms with van der Waals surface area (Å²) in [7, 11) is 0. The predicted octanol–water partition coefficient (Wildman–Crippen LogP) is 1.83. The second kappa shape index (κ2) is 6.13. The van der Waals surface area contributed by atoms with Crippen LogP contribution in [0.15, 0.2) is 40.0 Å². The minimum absolute atomic E-state index is 0.0799. The van der Waals surface area contributed by atoms with E-state index in [-0.39, 0.29) is 5.88 Å². The van der Waals surface area contributed by atoms with Crippen LogP contribution in [0, 0.1) is 0 Å². The van der Waals surface area contributed by atoms with Gasteiger partial charge in [0.25, 0.3) is 6.20 Å². The van der Waals surface area contributed by atoms with E-state index in [0.717, 1.165) is 5.56 Å². The Labute approximate surface area is 127 Å². The zero-order valence-electron chi connectivity index (χ0n) is 12.0. The Morgan fingerprint density at radius 2 is 2.14 bits per heavy atom. The lowest BCUT2D eigenvalue weighted by Gasteiger charge is -2.28. The maximum atomic E-state index is 11.5. The minimum Gasteiger partial charge on any atom is -0.594 e.